The Balaban J connectivity index is 1.83. The maximum absolute atomic E-state index is 14.5. The average molecular weight is 944 g/mol. The highest BCUT2D eigenvalue weighted by Gasteiger charge is 2.39. The van der Waals surface area contributed by atoms with Gasteiger partial charge in [-0.1, -0.05) is 93.2 Å². The maximum Gasteiger partial charge on any atom is 0.326 e. The van der Waals surface area contributed by atoms with Gasteiger partial charge in [0.25, 0.3) is 0 Å². The van der Waals surface area contributed by atoms with Crippen LogP contribution in [0.4, 0.5) is 0 Å². The lowest BCUT2D eigenvalue weighted by molar-refractivity contribution is -0.143. The number of phenols is 1. The molecule has 11 N–H and O–H groups in total. The van der Waals surface area contributed by atoms with Gasteiger partial charge in [-0.2, -0.15) is 0 Å². The van der Waals surface area contributed by atoms with Crippen LogP contribution in [0.15, 0.2) is 53.0 Å². The second-order valence-electron chi connectivity index (χ2n) is 17.1. The van der Waals surface area contributed by atoms with Gasteiger partial charge < -0.3 is 53.2 Å². The van der Waals surface area contributed by atoms with E-state index in [1.807, 2.05) is 45.0 Å². The van der Waals surface area contributed by atoms with Crippen LogP contribution in [0.2, 0.25) is 0 Å². The number of carboxylic acid groups (broad SMARTS) is 1. The number of carbonyl (C=O) groups is 6. The van der Waals surface area contributed by atoms with Gasteiger partial charge in [-0.15, -0.1) is 0 Å². The zero-order chi connectivity index (χ0) is 46.5. The number of aromatic hydroxyl groups is 1. The molecule has 0 aliphatic carbocycles. The normalized spacial score (nSPS) is 16.6. The van der Waals surface area contributed by atoms with Crippen molar-refractivity contribution in [2.75, 3.05) is 26.2 Å². The summed E-state index contributed by atoms with van der Waals surface area (Å²) in [6, 6.07) is 8.39. The van der Waals surface area contributed by atoms with Crippen molar-refractivity contribution >= 4 is 51.4 Å². The number of amides is 5. The van der Waals surface area contributed by atoms with E-state index < -0.39 is 59.8 Å². The van der Waals surface area contributed by atoms with E-state index in [-0.39, 0.29) is 48.8 Å². The number of carboxylic acids is 1. The van der Waals surface area contributed by atoms with Gasteiger partial charge in [-0.3, -0.25) is 24.0 Å². The number of carbonyl (C=O) groups excluding carboxylic acids is 5. The van der Waals surface area contributed by atoms with Gasteiger partial charge in [0.2, 0.25) is 29.5 Å². The van der Waals surface area contributed by atoms with E-state index in [4.69, 9.17) is 11.5 Å². The van der Waals surface area contributed by atoms with Crippen molar-refractivity contribution in [1.82, 2.24) is 31.5 Å². The van der Waals surface area contributed by atoms with Crippen LogP contribution in [0.25, 0.3) is 0 Å². The van der Waals surface area contributed by atoms with Crippen LogP contribution in [0.3, 0.4) is 0 Å². The standard InChI is InChI=1S/C46H71BrN8O8/c1-5-30(4)41(44(60)53-38(46(62)63)25-29(2)3)54-42(58)37(26-31-18-20-34(56)21-19-31)52-43(59)39-17-12-24-55(39)45(61)36(16-9-11-23-49)50-28-33(14-8-10-22-48)51-40(57)27-32-13-6-7-15-35(32)47/h6-7,13,15,18-21,29-30,33,36-39,41,50,56H,5,8-12,14,16-17,22-28,48-49H2,1-4H3,(H,51,57)(H,52,59)(H,53,60)(H,54,58)(H,62,63)/t30-,33-,36-,37-,38-,39-,41-/m0/s1. The number of nitrogens with zero attached hydrogens (tertiary/aromatic N) is 1. The first kappa shape index (κ1) is 52.8. The smallest absolute Gasteiger partial charge is 0.326 e. The van der Waals surface area contributed by atoms with Crippen molar-refractivity contribution in [2.45, 2.75) is 141 Å². The largest absolute Gasteiger partial charge is 0.508 e. The minimum absolute atomic E-state index is 0.000223. The van der Waals surface area contributed by atoms with Crippen LogP contribution in [-0.4, -0.2) is 113 Å². The van der Waals surface area contributed by atoms with Gasteiger partial charge in [-0.25, -0.2) is 4.79 Å². The van der Waals surface area contributed by atoms with Gasteiger partial charge in [-0.05, 0) is 99.2 Å². The molecule has 2 aromatic rings. The molecular formula is C46H71BrN8O8. The first-order valence-corrected chi connectivity index (χ1v) is 23.3. The Bertz CT molecular complexity index is 1780. The Kier molecular flexibility index (Phi) is 23.1. The number of phenolic OH excluding ortho intramolecular Hbond substituents is 1. The highest BCUT2D eigenvalue weighted by atomic mass is 79.9. The van der Waals surface area contributed by atoms with Crippen LogP contribution in [0, 0.1) is 11.8 Å². The molecule has 16 nitrogen and oxygen atoms in total. The molecule has 5 amide bonds. The van der Waals surface area contributed by atoms with Crippen LogP contribution < -0.4 is 38.1 Å². The molecule has 3 rings (SSSR count). The van der Waals surface area contributed by atoms with Crippen molar-refractivity contribution in [3.63, 3.8) is 0 Å². The number of benzene rings is 2. The minimum atomic E-state index is -1.20. The first-order chi connectivity index (χ1) is 30.1. The quantitative estimate of drug-likeness (QED) is 0.0560. The topological polar surface area (TPSA) is 258 Å². The number of aliphatic carboxylic acids is 1. The van der Waals surface area contributed by atoms with Gasteiger partial charge in [0.05, 0.1) is 12.5 Å². The van der Waals surface area contributed by atoms with E-state index in [2.05, 4.69) is 42.5 Å². The SMILES string of the molecule is CC[C@H](C)[C@H](NC(=O)[C@H](Cc1ccc(O)cc1)NC(=O)[C@@H]1CCCN1C(=O)[C@H](CCCCN)NC[C@H](CCCCN)NC(=O)Cc1ccccc1Br)C(=O)N[C@@H](CC(C)C)C(=O)O. The zero-order valence-corrected chi connectivity index (χ0v) is 39.0. The van der Waals surface area contributed by atoms with Gasteiger partial charge in [0.1, 0.15) is 29.9 Å². The van der Waals surface area contributed by atoms with Gasteiger partial charge in [0.15, 0.2) is 0 Å². The van der Waals surface area contributed by atoms with Crippen LogP contribution >= 0.6 is 15.9 Å². The third kappa shape index (κ3) is 17.8. The van der Waals surface area contributed by atoms with E-state index in [1.54, 1.807) is 24.0 Å². The van der Waals surface area contributed by atoms with E-state index in [9.17, 15) is 39.0 Å². The van der Waals surface area contributed by atoms with Gasteiger partial charge >= 0.3 is 5.97 Å². The molecule has 350 valence electrons. The summed E-state index contributed by atoms with van der Waals surface area (Å²) < 4.78 is 0.839. The van der Waals surface area contributed by atoms with Crippen molar-refractivity contribution < 1.29 is 39.0 Å². The predicted octanol–water partition coefficient (Wildman–Crippen LogP) is 3.26. The van der Waals surface area contributed by atoms with Crippen molar-refractivity contribution in [1.29, 1.82) is 0 Å². The molecule has 1 heterocycles. The fourth-order valence-corrected chi connectivity index (χ4v) is 8.13. The third-order valence-electron chi connectivity index (χ3n) is 11.5. The minimum Gasteiger partial charge on any atom is -0.508 e. The molecule has 0 spiro atoms. The monoisotopic (exact) mass is 942 g/mol. The Morgan fingerprint density at radius 3 is 2.11 bits per heavy atom. The summed E-state index contributed by atoms with van der Waals surface area (Å²) in [6.45, 7) is 8.91. The molecule has 17 heteroatoms. The number of unbranched alkanes of at least 4 members (excludes halogenated alkanes) is 2. The molecule has 0 radical (unpaired) electrons. The van der Waals surface area contributed by atoms with Crippen LogP contribution in [0.1, 0.15) is 103 Å². The van der Waals surface area contributed by atoms with Gasteiger partial charge in [0, 0.05) is 30.0 Å². The highest BCUT2D eigenvalue weighted by molar-refractivity contribution is 9.10. The fraction of sp³-hybridized carbons (Fsp3) is 0.609. The molecular weight excluding hydrogens is 872 g/mol. The van der Waals surface area contributed by atoms with E-state index in [0.29, 0.717) is 76.7 Å². The summed E-state index contributed by atoms with van der Waals surface area (Å²) in [6.07, 6.45) is 5.77. The first-order valence-electron chi connectivity index (χ1n) is 22.5. The van der Waals surface area contributed by atoms with Crippen molar-refractivity contribution in [3.8, 4) is 5.75 Å². The second-order valence-corrected chi connectivity index (χ2v) is 17.9. The number of nitrogens with one attached hydrogen (secondary N) is 5. The molecule has 0 unspecified atom stereocenters. The summed E-state index contributed by atoms with van der Waals surface area (Å²) in [4.78, 5) is 83.3. The highest BCUT2D eigenvalue weighted by Crippen LogP contribution is 2.22. The fourth-order valence-electron chi connectivity index (χ4n) is 7.70. The number of likely N-dealkylation sites (tertiary alicyclic amines) is 1. The summed E-state index contributed by atoms with van der Waals surface area (Å²) in [5.74, 6) is -3.84. The maximum atomic E-state index is 14.5. The van der Waals surface area contributed by atoms with E-state index in [1.165, 1.54) is 12.1 Å². The molecule has 0 saturated carbocycles. The molecule has 1 aliphatic heterocycles. The lowest BCUT2D eigenvalue weighted by Crippen LogP contribution is -2.60. The Hall–Kier alpha value is -4.58. The van der Waals surface area contributed by atoms with Crippen molar-refractivity contribution in [2.24, 2.45) is 23.3 Å². The molecule has 2 aromatic carbocycles. The van der Waals surface area contributed by atoms with Crippen molar-refractivity contribution in [3.05, 3.63) is 64.1 Å². The molecule has 0 bridgehead atoms. The number of nitrogens with two attached hydrogens (primary N) is 2. The summed E-state index contributed by atoms with van der Waals surface area (Å²) in [5, 5.41) is 34.6. The number of hydrogen-bond acceptors (Lipinski definition) is 10. The third-order valence-corrected chi connectivity index (χ3v) is 12.3. The summed E-state index contributed by atoms with van der Waals surface area (Å²) in [7, 11) is 0. The lowest BCUT2D eigenvalue weighted by Gasteiger charge is -2.31. The predicted molar refractivity (Wildman–Crippen MR) is 246 cm³/mol. The molecule has 63 heavy (non-hydrogen) atoms. The average Bonchev–Trinajstić information content (AvgIpc) is 3.75. The van der Waals surface area contributed by atoms with E-state index >= 15 is 0 Å². The molecule has 0 aromatic heterocycles. The lowest BCUT2D eigenvalue weighted by atomic mass is 9.96. The van der Waals surface area contributed by atoms with E-state index in [0.717, 1.165) is 22.9 Å². The number of hydrogen-bond donors (Lipinski definition) is 9. The van der Waals surface area contributed by atoms with Crippen LogP contribution in [0.5, 0.6) is 5.75 Å². The zero-order valence-electron chi connectivity index (χ0n) is 37.4. The Labute approximate surface area is 381 Å². The molecule has 1 aliphatic rings. The summed E-state index contributed by atoms with van der Waals surface area (Å²) in [5.41, 5.74) is 13.1. The molecule has 7 atom stereocenters. The number of rotatable bonds is 28. The molecule has 1 fully saturated rings. The Morgan fingerprint density at radius 1 is 0.825 bits per heavy atom. The number of halogens is 1. The van der Waals surface area contributed by atoms with Crippen LogP contribution in [-0.2, 0) is 41.6 Å². The second kappa shape index (κ2) is 27.6. The summed E-state index contributed by atoms with van der Waals surface area (Å²) >= 11 is 3.52. The Morgan fingerprint density at radius 2 is 1.49 bits per heavy atom. The molecule has 1 saturated heterocycles.